The van der Waals surface area contributed by atoms with E-state index >= 15 is 0 Å². The lowest BCUT2D eigenvalue weighted by Crippen LogP contribution is -2.60. The molecule has 1 aliphatic heterocycles. The van der Waals surface area contributed by atoms with E-state index in [-0.39, 0.29) is 19.4 Å². The molecule has 65 heavy (non-hydrogen) atoms. The van der Waals surface area contributed by atoms with Crippen molar-refractivity contribution < 1.29 is 56.8 Å². The Morgan fingerprint density at radius 1 is 0.462 bits per heavy atom. The molecule has 0 aliphatic carbocycles. The third-order valence-corrected chi connectivity index (χ3v) is 13.7. The molecule has 0 saturated carbocycles. The zero-order valence-electron chi connectivity index (χ0n) is 41.6. The first-order valence-corrected chi connectivity index (χ1v) is 28.7. The summed E-state index contributed by atoms with van der Waals surface area (Å²) < 4.78 is 54.3. The van der Waals surface area contributed by atoms with Crippen LogP contribution >= 0.6 is 0 Å². The minimum atomic E-state index is -4.60. The van der Waals surface area contributed by atoms with Crippen molar-refractivity contribution in [3.05, 3.63) is 0 Å². The number of rotatable bonds is 47. The van der Waals surface area contributed by atoms with Gasteiger partial charge in [-0.25, -0.2) is 0 Å². The van der Waals surface area contributed by atoms with E-state index in [1.807, 2.05) is 0 Å². The van der Waals surface area contributed by atoms with Crippen LogP contribution in [-0.2, 0) is 38.7 Å². The quantitative estimate of drug-likeness (QED) is 0.0257. The summed E-state index contributed by atoms with van der Waals surface area (Å²) in [6.45, 7) is 3.81. The molecule has 4 N–H and O–H groups in total. The van der Waals surface area contributed by atoms with Gasteiger partial charge in [-0.3, -0.25) is 14.1 Å². The molecule has 1 saturated heterocycles. The van der Waals surface area contributed by atoms with Gasteiger partial charge in [-0.2, -0.15) is 8.42 Å². The molecule has 6 atom stereocenters. The van der Waals surface area contributed by atoms with E-state index in [0.717, 1.165) is 38.5 Å². The largest absolute Gasteiger partial charge is 0.462 e. The van der Waals surface area contributed by atoms with Gasteiger partial charge in [0.15, 0.2) is 12.4 Å². The Hall–Kier alpha value is -1.35. The van der Waals surface area contributed by atoms with Gasteiger partial charge in [0.05, 0.1) is 6.61 Å². The van der Waals surface area contributed by atoms with Crippen molar-refractivity contribution >= 4 is 22.1 Å². The smallest absolute Gasteiger partial charge is 0.306 e. The minimum absolute atomic E-state index is 0.173. The van der Waals surface area contributed by atoms with Gasteiger partial charge in [0.25, 0.3) is 10.1 Å². The molecule has 1 rings (SSSR count). The summed E-state index contributed by atoms with van der Waals surface area (Å²) in [5.74, 6) is -1.96. The number of hydrogen-bond donors (Lipinski definition) is 4. The highest BCUT2D eigenvalue weighted by Crippen LogP contribution is 2.24. The number of carbonyl (C=O) groups excluding carboxylic acids is 2. The summed E-state index contributed by atoms with van der Waals surface area (Å²) in [7, 11) is -4.60. The molecule has 0 aromatic rings. The molecule has 1 fully saturated rings. The second-order valence-electron chi connectivity index (χ2n) is 19.3. The molecular formula is C52H100O12S. The molecule has 0 aromatic heterocycles. The average Bonchev–Trinajstić information content (AvgIpc) is 3.27. The van der Waals surface area contributed by atoms with Gasteiger partial charge in [0.2, 0.25) is 0 Å². The molecule has 0 aromatic carbocycles. The van der Waals surface area contributed by atoms with E-state index in [0.29, 0.717) is 12.8 Å². The highest BCUT2D eigenvalue weighted by Gasteiger charge is 2.46. The SMILES string of the molecule is CCCCCCCCCCCCCCCCCCCCCCCCCCC(=O)OC(COC(=O)CCCCCCCCCCCCCCC)COC1OC(CS(=O)(=O)O)C(O)C(O)C1O. The lowest BCUT2D eigenvalue weighted by atomic mass is 10.00. The van der Waals surface area contributed by atoms with Crippen molar-refractivity contribution in [2.24, 2.45) is 0 Å². The Bertz CT molecular complexity index is 1200. The van der Waals surface area contributed by atoms with E-state index < -0.39 is 71.2 Å². The second-order valence-corrected chi connectivity index (χ2v) is 20.8. The van der Waals surface area contributed by atoms with Gasteiger partial charge < -0.3 is 34.3 Å². The Morgan fingerprint density at radius 2 is 0.785 bits per heavy atom. The number of esters is 2. The van der Waals surface area contributed by atoms with Gasteiger partial charge in [0, 0.05) is 12.8 Å². The Kier molecular flexibility index (Phi) is 40.5. The summed E-state index contributed by atoms with van der Waals surface area (Å²) in [5, 5.41) is 31.0. The first-order chi connectivity index (χ1) is 31.5. The normalized spacial score (nSPS) is 19.4. The average molecular weight is 949 g/mol. The van der Waals surface area contributed by atoms with Crippen molar-refractivity contribution in [3.63, 3.8) is 0 Å². The fourth-order valence-electron chi connectivity index (χ4n) is 8.74. The summed E-state index contributed by atoms with van der Waals surface area (Å²) >= 11 is 0. The van der Waals surface area contributed by atoms with Gasteiger partial charge >= 0.3 is 11.9 Å². The lowest BCUT2D eigenvalue weighted by Gasteiger charge is -2.40. The Labute approximate surface area is 397 Å². The third kappa shape index (κ3) is 37.3. The van der Waals surface area contributed by atoms with Crippen molar-refractivity contribution in [3.8, 4) is 0 Å². The zero-order valence-corrected chi connectivity index (χ0v) is 42.4. The molecule has 12 nitrogen and oxygen atoms in total. The Balaban J connectivity index is 2.29. The molecule has 0 bridgehead atoms. The topological polar surface area (TPSA) is 186 Å². The van der Waals surface area contributed by atoms with Crippen LogP contribution in [0, 0.1) is 0 Å². The maximum atomic E-state index is 12.9. The van der Waals surface area contributed by atoms with E-state index in [9.17, 15) is 37.9 Å². The van der Waals surface area contributed by atoms with Crippen LogP contribution in [-0.4, -0.2) is 96.0 Å². The highest BCUT2D eigenvalue weighted by atomic mass is 32.2. The minimum Gasteiger partial charge on any atom is -0.462 e. The maximum absolute atomic E-state index is 12.9. The summed E-state index contributed by atoms with van der Waals surface area (Å²) in [6.07, 6.45) is 37.3. The molecule has 0 radical (unpaired) electrons. The van der Waals surface area contributed by atoms with Gasteiger partial charge in [-0.1, -0.05) is 239 Å². The van der Waals surface area contributed by atoms with Crippen LogP contribution < -0.4 is 0 Å². The molecule has 386 valence electrons. The van der Waals surface area contributed by atoms with Crippen molar-refractivity contribution in [2.45, 2.75) is 301 Å². The van der Waals surface area contributed by atoms with Gasteiger partial charge in [-0.05, 0) is 12.8 Å². The van der Waals surface area contributed by atoms with Gasteiger partial charge in [0.1, 0.15) is 36.8 Å². The number of unbranched alkanes of at least 4 members (excludes halogenated alkanes) is 35. The van der Waals surface area contributed by atoms with E-state index in [2.05, 4.69) is 13.8 Å². The maximum Gasteiger partial charge on any atom is 0.306 e. The number of aliphatic hydroxyl groups excluding tert-OH is 3. The molecule has 1 aliphatic rings. The monoisotopic (exact) mass is 949 g/mol. The summed E-state index contributed by atoms with van der Waals surface area (Å²) in [5.41, 5.74) is 0. The van der Waals surface area contributed by atoms with E-state index in [1.165, 1.54) is 186 Å². The Morgan fingerprint density at radius 3 is 1.12 bits per heavy atom. The van der Waals surface area contributed by atoms with E-state index in [1.54, 1.807) is 0 Å². The van der Waals surface area contributed by atoms with Crippen molar-refractivity contribution in [1.82, 2.24) is 0 Å². The standard InChI is InChI=1S/C52H100O12S/c1-3-5-7-9-11-13-15-17-18-19-20-21-22-23-24-25-26-27-29-31-33-35-37-39-41-48(54)63-45(43-62-52-51(57)50(56)49(55)46(64-52)44-65(58,59)60)42-61-47(53)40-38-36-34-32-30-28-16-14-12-10-8-6-4-2/h45-46,49-52,55-57H,3-44H2,1-2H3,(H,58,59,60). The zero-order chi connectivity index (χ0) is 47.6. The van der Waals surface area contributed by atoms with Crippen molar-refractivity contribution in [1.29, 1.82) is 0 Å². The van der Waals surface area contributed by atoms with Crippen LogP contribution in [0.4, 0.5) is 0 Å². The molecule has 6 unspecified atom stereocenters. The third-order valence-electron chi connectivity index (χ3n) is 12.9. The van der Waals surface area contributed by atoms with Crippen LogP contribution in [0.2, 0.25) is 0 Å². The predicted octanol–water partition coefficient (Wildman–Crippen LogP) is 12.4. The predicted molar refractivity (Wildman–Crippen MR) is 261 cm³/mol. The van der Waals surface area contributed by atoms with Crippen LogP contribution in [0.3, 0.4) is 0 Å². The van der Waals surface area contributed by atoms with E-state index in [4.69, 9.17) is 18.9 Å². The number of hydrogen-bond acceptors (Lipinski definition) is 11. The van der Waals surface area contributed by atoms with Gasteiger partial charge in [-0.15, -0.1) is 0 Å². The fourth-order valence-corrected chi connectivity index (χ4v) is 9.43. The van der Waals surface area contributed by atoms with Crippen LogP contribution in [0.1, 0.15) is 264 Å². The van der Waals surface area contributed by atoms with Crippen molar-refractivity contribution in [2.75, 3.05) is 19.0 Å². The molecule has 0 spiro atoms. The number of aliphatic hydroxyl groups is 3. The van der Waals surface area contributed by atoms with Crippen LogP contribution in [0.5, 0.6) is 0 Å². The molecule has 1 heterocycles. The fraction of sp³-hybridized carbons (Fsp3) is 0.962. The first kappa shape index (κ1) is 61.7. The summed E-state index contributed by atoms with van der Waals surface area (Å²) in [6, 6.07) is 0. The molecule has 0 amide bonds. The number of ether oxygens (including phenoxy) is 4. The summed E-state index contributed by atoms with van der Waals surface area (Å²) in [4.78, 5) is 25.5. The first-order valence-electron chi connectivity index (χ1n) is 27.1. The van der Waals surface area contributed by atoms with Crippen LogP contribution in [0.25, 0.3) is 0 Å². The number of carbonyl (C=O) groups is 2. The highest BCUT2D eigenvalue weighted by molar-refractivity contribution is 7.85. The lowest BCUT2D eigenvalue weighted by molar-refractivity contribution is -0.297. The molecule has 13 heteroatoms. The second kappa shape index (κ2) is 42.7. The van der Waals surface area contributed by atoms with Crippen LogP contribution in [0.15, 0.2) is 0 Å². The molecular weight excluding hydrogens is 849 g/mol.